The van der Waals surface area contributed by atoms with Crippen LogP contribution in [0, 0.1) is 5.92 Å². The summed E-state index contributed by atoms with van der Waals surface area (Å²) in [5.41, 5.74) is 0. The Hall–Kier alpha value is 0.500. The maximum atomic E-state index is 3.45. The molecular weight excluding hydrogens is 195 g/mol. The second-order valence-electron chi connectivity index (χ2n) is 3.61. The summed E-state index contributed by atoms with van der Waals surface area (Å²) in [7, 11) is 2.25. The average molecular weight is 213 g/mol. The summed E-state index contributed by atoms with van der Waals surface area (Å²) >= 11 is 0. The topological polar surface area (TPSA) is 15.3 Å². The molecule has 0 bridgehead atoms. The Morgan fingerprint density at radius 1 is 1.25 bits per heavy atom. The summed E-state index contributed by atoms with van der Waals surface area (Å²) in [5, 5.41) is 3.45. The van der Waals surface area contributed by atoms with Gasteiger partial charge in [0.2, 0.25) is 0 Å². The van der Waals surface area contributed by atoms with E-state index < -0.39 is 0 Å². The molecule has 0 aromatic rings. The summed E-state index contributed by atoms with van der Waals surface area (Å²) in [6.07, 6.45) is 2.85. The van der Waals surface area contributed by atoms with Crippen molar-refractivity contribution in [3.8, 4) is 0 Å². The van der Waals surface area contributed by atoms with Gasteiger partial charge < -0.3 is 10.2 Å². The van der Waals surface area contributed by atoms with E-state index >= 15 is 0 Å². The van der Waals surface area contributed by atoms with Crippen molar-refractivity contribution in [1.82, 2.24) is 10.2 Å². The molecule has 12 heavy (non-hydrogen) atoms. The second-order valence-corrected chi connectivity index (χ2v) is 3.61. The molecule has 0 amide bonds. The number of piperidine rings is 1. The zero-order chi connectivity index (χ0) is 6.97. The van der Waals surface area contributed by atoms with Gasteiger partial charge in [-0.05, 0) is 38.9 Å². The van der Waals surface area contributed by atoms with E-state index in [9.17, 15) is 0 Å². The molecule has 2 atom stereocenters. The van der Waals surface area contributed by atoms with Crippen LogP contribution in [0.15, 0.2) is 0 Å². The molecule has 2 aliphatic rings. The van der Waals surface area contributed by atoms with Crippen LogP contribution in [0.25, 0.3) is 0 Å². The van der Waals surface area contributed by atoms with Crippen molar-refractivity contribution in [1.29, 1.82) is 0 Å². The minimum absolute atomic E-state index is 0. The van der Waals surface area contributed by atoms with E-state index in [4.69, 9.17) is 0 Å². The summed E-state index contributed by atoms with van der Waals surface area (Å²) in [6.45, 7) is 3.79. The van der Waals surface area contributed by atoms with E-state index in [0.717, 1.165) is 12.0 Å². The first-order valence-electron chi connectivity index (χ1n) is 4.29. The molecule has 74 valence electrons. The van der Waals surface area contributed by atoms with Crippen LogP contribution >= 0.6 is 24.8 Å². The highest BCUT2D eigenvalue weighted by molar-refractivity contribution is 5.85. The third-order valence-electron chi connectivity index (χ3n) is 2.96. The predicted molar refractivity (Wildman–Crippen MR) is 56.5 cm³/mol. The molecule has 2 fully saturated rings. The lowest BCUT2D eigenvalue weighted by Gasteiger charge is -2.33. The number of rotatable bonds is 0. The summed E-state index contributed by atoms with van der Waals surface area (Å²) in [4.78, 5) is 2.51. The van der Waals surface area contributed by atoms with E-state index in [-0.39, 0.29) is 24.8 Å². The normalized spacial score (nSPS) is 34.8. The van der Waals surface area contributed by atoms with Gasteiger partial charge in [-0.2, -0.15) is 0 Å². The maximum absolute atomic E-state index is 3.45. The van der Waals surface area contributed by atoms with E-state index in [1.165, 1.54) is 32.5 Å². The molecule has 0 aromatic carbocycles. The second kappa shape index (κ2) is 5.28. The van der Waals surface area contributed by atoms with Crippen molar-refractivity contribution in [2.75, 3.05) is 26.7 Å². The van der Waals surface area contributed by atoms with Crippen molar-refractivity contribution in [3.63, 3.8) is 0 Å². The van der Waals surface area contributed by atoms with Gasteiger partial charge in [0.25, 0.3) is 0 Å². The Balaban J connectivity index is 0.000000605. The number of halogens is 2. The largest absolute Gasteiger partial charge is 0.315 e. The smallest absolute Gasteiger partial charge is 0.0257 e. The molecule has 2 nitrogen and oxygen atoms in total. The number of nitrogens with zero attached hydrogens (tertiary/aromatic N) is 1. The number of hydrogen-bond acceptors (Lipinski definition) is 2. The van der Waals surface area contributed by atoms with Crippen LogP contribution in [-0.4, -0.2) is 37.6 Å². The summed E-state index contributed by atoms with van der Waals surface area (Å²) in [5.74, 6) is 0.957. The number of likely N-dealkylation sites (N-methyl/N-ethyl adjacent to an activating group) is 1. The predicted octanol–water partition coefficient (Wildman–Crippen LogP) is 1.14. The zero-order valence-electron chi connectivity index (χ0n) is 7.45. The monoisotopic (exact) mass is 212 g/mol. The van der Waals surface area contributed by atoms with Crippen molar-refractivity contribution in [2.45, 2.75) is 18.9 Å². The average Bonchev–Trinajstić information content (AvgIpc) is 2.36. The van der Waals surface area contributed by atoms with Gasteiger partial charge in [-0.3, -0.25) is 0 Å². The lowest BCUT2D eigenvalue weighted by atomic mass is 9.93. The third kappa shape index (κ3) is 2.25. The Morgan fingerprint density at radius 3 is 2.67 bits per heavy atom. The fourth-order valence-electron chi connectivity index (χ4n) is 2.30. The first-order chi connectivity index (χ1) is 4.88. The molecule has 2 rings (SSSR count). The van der Waals surface area contributed by atoms with Crippen LogP contribution in [0.4, 0.5) is 0 Å². The van der Waals surface area contributed by atoms with Gasteiger partial charge in [0.05, 0.1) is 0 Å². The van der Waals surface area contributed by atoms with Gasteiger partial charge in [0, 0.05) is 12.6 Å². The van der Waals surface area contributed by atoms with Crippen LogP contribution in [0.1, 0.15) is 12.8 Å². The Bertz CT molecular complexity index is 132. The van der Waals surface area contributed by atoms with Gasteiger partial charge in [-0.15, -0.1) is 24.8 Å². The summed E-state index contributed by atoms with van der Waals surface area (Å²) in [6, 6.07) is 0.855. The molecule has 0 aromatic heterocycles. The number of nitrogens with one attached hydrogen (secondary N) is 1. The van der Waals surface area contributed by atoms with Gasteiger partial charge in [-0.1, -0.05) is 0 Å². The van der Waals surface area contributed by atoms with E-state index in [0.29, 0.717) is 0 Å². The van der Waals surface area contributed by atoms with Crippen LogP contribution in [0.2, 0.25) is 0 Å². The quantitative estimate of drug-likeness (QED) is 0.649. The molecule has 0 aliphatic carbocycles. The van der Waals surface area contributed by atoms with Crippen LogP contribution in [0.3, 0.4) is 0 Å². The Morgan fingerprint density at radius 2 is 2.00 bits per heavy atom. The van der Waals surface area contributed by atoms with Gasteiger partial charge >= 0.3 is 0 Å². The lowest BCUT2D eigenvalue weighted by Crippen LogP contribution is -2.42. The van der Waals surface area contributed by atoms with Crippen molar-refractivity contribution >= 4 is 24.8 Å². The van der Waals surface area contributed by atoms with Crippen molar-refractivity contribution < 1.29 is 0 Å². The van der Waals surface area contributed by atoms with Crippen molar-refractivity contribution in [3.05, 3.63) is 0 Å². The molecule has 2 heterocycles. The standard InChI is InChI=1S/C8H16N2.2ClH/c1-10-4-2-3-7-5-9-6-8(7)10;;/h7-9H,2-6H2,1H3;2*1H/t7-,8+;;/m0../s1. The molecule has 0 radical (unpaired) electrons. The minimum Gasteiger partial charge on any atom is -0.315 e. The van der Waals surface area contributed by atoms with Crippen molar-refractivity contribution in [2.24, 2.45) is 5.92 Å². The third-order valence-corrected chi connectivity index (χ3v) is 2.96. The van der Waals surface area contributed by atoms with Gasteiger partial charge in [0.15, 0.2) is 0 Å². The molecule has 1 N–H and O–H groups in total. The SMILES string of the molecule is CN1CCC[C@H]2CNC[C@H]21.Cl.Cl. The first-order valence-corrected chi connectivity index (χ1v) is 4.29. The number of fused-ring (bicyclic) bond motifs is 1. The molecule has 2 saturated heterocycles. The molecule has 0 unspecified atom stereocenters. The lowest BCUT2D eigenvalue weighted by molar-refractivity contribution is 0.158. The number of hydrogen-bond donors (Lipinski definition) is 1. The highest BCUT2D eigenvalue weighted by Crippen LogP contribution is 2.24. The van der Waals surface area contributed by atoms with Crippen LogP contribution < -0.4 is 5.32 Å². The van der Waals surface area contributed by atoms with E-state index in [1.54, 1.807) is 0 Å². The fourth-order valence-corrected chi connectivity index (χ4v) is 2.30. The highest BCUT2D eigenvalue weighted by atomic mass is 35.5. The molecular formula is C8H18Cl2N2. The molecule has 2 aliphatic heterocycles. The van der Waals surface area contributed by atoms with Crippen LogP contribution in [0.5, 0.6) is 0 Å². The highest BCUT2D eigenvalue weighted by Gasteiger charge is 2.32. The Labute approximate surface area is 86.9 Å². The zero-order valence-corrected chi connectivity index (χ0v) is 9.09. The first kappa shape index (κ1) is 12.5. The van der Waals surface area contributed by atoms with Gasteiger partial charge in [0.1, 0.15) is 0 Å². The van der Waals surface area contributed by atoms with E-state index in [1.807, 2.05) is 0 Å². The van der Waals surface area contributed by atoms with Crippen LogP contribution in [-0.2, 0) is 0 Å². The summed E-state index contributed by atoms with van der Waals surface area (Å²) < 4.78 is 0. The fraction of sp³-hybridized carbons (Fsp3) is 1.00. The molecule has 0 saturated carbocycles. The minimum atomic E-state index is 0. The van der Waals surface area contributed by atoms with E-state index in [2.05, 4.69) is 17.3 Å². The maximum Gasteiger partial charge on any atom is 0.0257 e. The molecule has 0 spiro atoms. The number of likely N-dealkylation sites (tertiary alicyclic amines) is 1. The van der Waals surface area contributed by atoms with Gasteiger partial charge in [-0.25, -0.2) is 0 Å². The molecule has 4 heteroatoms. The Kier molecular flexibility index (Phi) is 5.50.